The van der Waals surface area contributed by atoms with Gasteiger partial charge in [0.2, 0.25) is 0 Å². The van der Waals surface area contributed by atoms with E-state index in [2.05, 4.69) is 29.7 Å². The number of benzene rings is 1. The molecule has 1 amide bonds. The van der Waals surface area contributed by atoms with Gasteiger partial charge in [-0.05, 0) is 61.7 Å². The van der Waals surface area contributed by atoms with Crippen molar-refractivity contribution in [1.82, 2.24) is 10.6 Å². The zero-order valence-electron chi connectivity index (χ0n) is 12.9. The van der Waals surface area contributed by atoms with Gasteiger partial charge >= 0.3 is 0 Å². The lowest BCUT2D eigenvalue weighted by Gasteiger charge is -2.22. The van der Waals surface area contributed by atoms with Crippen LogP contribution >= 0.6 is 11.8 Å². The Labute approximate surface area is 132 Å². The highest BCUT2D eigenvalue weighted by Gasteiger charge is 2.13. The van der Waals surface area contributed by atoms with E-state index in [1.807, 2.05) is 23.9 Å². The molecular weight excluding hydrogens is 280 g/mol. The van der Waals surface area contributed by atoms with E-state index >= 15 is 0 Å². The Balaban J connectivity index is 1.72. The van der Waals surface area contributed by atoms with Crippen molar-refractivity contribution in [3.05, 3.63) is 35.4 Å². The fourth-order valence-corrected chi connectivity index (χ4v) is 3.27. The number of thioether (sulfide) groups is 1. The van der Waals surface area contributed by atoms with Gasteiger partial charge in [0.1, 0.15) is 0 Å². The van der Waals surface area contributed by atoms with Crippen molar-refractivity contribution >= 4 is 17.7 Å². The topological polar surface area (TPSA) is 41.1 Å². The maximum absolute atomic E-state index is 12.1. The molecule has 0 spiro atoms. The van der Waals surface area contributed by atoms with Gasteiger partial charge < -0.3 is 10.6 Å². The van der Waals surface area contributed by atoms with Gasteiger partial charge in [-0.15, -0.1) is 0 Å². The molecule has 21 heavy (non-hydrogen) atoms. The molecule has 1 heterocycles. The van der Waals surface area contributed by atoms with Crippen LogP contribution in [-0.2, 0) is 5.75 Å². The molecule has 0 radical (unpaired) electrons. The number of nitrogens with one attached hydrogen (secondary N) is 2. The number of carbonyl (C=O) groups is 1. The summed E-state index contributed by atoms with van der Waals surface area (Å²) in [7, 11) is 0. The van der Waals surface area contributed by atoms with E-state index in [1.165, 1.54) is 18.4 Å². The molecule has 2 N–H and O–H groups in total. The zero-order chi connectivity index (χ0) is 14.9. The van der Waals surface area contributed by atoms with Gasteiger partial charge in [0, 0.05) is 17.9 Å². The first-order valence-electron chi connectivity index (χ1n) is 7.95. The fourth-order valence-electron chi connectivity index (χ4n) is 2.63. The number of rotatable bonds is 7. The summed E-state index contributed by atoms with van der Waals surface area (Å²) in [5, 5.41) is 6.45. The number of hydrogen-bond donors (Lipinski definition) is 2. The van der Waals surface area contributed by atoms with Crippen molar-refractivity contribution in [2.45, 2.75) is 31.9 Å². The van der Waals surface area contributed by atoms with E-state index in [0.717, 1.165) is 43.1 Å². The molecule has 4 heteroatoms. The van der Waals surface area contributed by atoms with E-state index in [-0.39, 0.29) is 5.91 Å². The van der Waals surface area contributed by atoms with Crippen LogP contribution < -0.4 is 10.6 Å². The first kappa shape index (κ1) is 16.4. The first-order chi connectivity index (χ1) is 10.3. The Morgan fingerprint density at radius 3 is 2.86 bits per heavy atom. The van der Waals surface area contributed by atoms with Crippen LogP contribution in [0.3, 0.4) is 0 Å². The third kappa shape index (κ3) is 5.71. The summed E-state index contributed by atoms with van der Waals surface area (Å²) in [4.78, 5) is 12.1. The molecular formula is C17H26N2OS. The molecule has 1 unspecified atom stereocenters. The van der Waals surface area contributed by atoms with Crippen molar-refractivity contribution in [3.63, 3.8) is 0 Å². The second-order valence-electron chi connectivity index (χ2n) is 5.59. The number of carbonyl (C=O) groups excluding carboxylic acids is 1. The average molecular weight is 306 g/mol. The molecule has 116 valence electrons. The van der Waals surface area contributed by atoms with Crippen molar-refractivity contribution in [3.8, 4) is 0 Å². The molecule has 1 saturated heterocycles. The minimum atomic E-state index is 0.0495. The Morgan fingerprint density at radius 2 is 2.19 bits per heavy atom. The fraction of sp³-hybridized carbons (Fsp3) is 0.588. The minimum absolute atomic E-state index is 0.0495. The normalized spacial score (nSPS) is 18.4. The van der Waals surface area contributed by atoms with Crippen molar-refractivity contribution in [2.24, 2.45) is 5.92 Å². The predicted molar refractivity (Wildman–Crippen MR) is 90.8 cm³/mol. The Morgan fingerprint density at radius 1 is 1.38 bits per heavy atom. The third-order valence-corrected chi connectivity index (χ3v) is 4.87. The van der Waals surface area contributed by atoms with Crippen LogP contribution in [0.25, 0.3) is 0 Å². The highest BCUT2D eigenvalue weighted by atomic mass is 32.2. The van der Waals surface area contributed by atoms with Crippen LogP contribution in [0.2, 0.25) is 0 Å². The van der Waals surface area contributed by atoms with Crippen LogP contribution in [0, 0.1) is 5.92 Å². The molecule has 0 aromatic heterocycles. The smallest absolute Gasteiger partial charge is 0.251 e. The van der Waals surface area contributed by atoms with Crippen molar-refractivity contribution in [1.29, 1.82) is 0 Å². The monoisotopic (exact) mass is 306 g/mol. The van der Waals surface area contributed by atoms with Crippen LogP contribution in [0.4, 0.5) is 0 Å². The largest absolute Gasteiger partial charge is 0.352 e. The SMILES string of the molecule is CCSCc1ccc(C(=O)NCCC2CCCNC2)cc1. The Bertz CT molecular complexity index is 427. The van der Waals surface area contributed by atoms with Crippen LogP contribution in [0.15, 0.2) is 24.3 Å². The summed E-state index contributed by atoms with van der Waals surface area (Å²) < 4.78 is 0. The van der Waals surface area contributed by atoms with Gasteiger partial charge in [0.25, 0.3) is 5.91 Å². The van der Waals surface area contributed by atoms with Gasteiger partial charge in [-0.2, -0.15) is 11.8 Å². The molecule has 3 nitrogen and oxygen atoms in total. The van der Waals surface area contributed by atoms with Crippen LogP contribution in [0.1, 0.15) is 42.1 Å². The van der Waals surface area contributed by atoms with Gasteiger partial charge in [-0.3, -0.25) is 4.79 Å². The maximum atomic E-state index is 12.1. The minimum Gasteiger partial charge on any atom is -0.352 e. The van der Waals surface area contributed by atoms with Gasteiger partial charge in [-0.25, -0.2) is 0 Å². The molecule has 1 atom stereocenters. The quantitative estimate of drug-likeness (QED) is 0.813. The molecule has 1 aliphatic heterocycles. The van der Waals surface area contributed by atoms with E-state index in [0.29, 0.717) is 5.92 Å². The lowest BCUT2D eigenvalue weighted by atomic mass is 9.96. The lowest BCUT2D eigenvalue weighted by molar-refractivity contribution is 0.0950. The van der Waals surface area contributed by atoms with E-state index in [9.17, 15) is 4.79 Å². The van der Waals surface area contributed by atoms with E-state index in [1.54, 1.807) is 0 Å². The Kier molecular flexibility index (Phi) is 7.10. The van der Waals surface area contributed by atoms with E-state index in [4.69, 9.17) is 0 Å². The van der Waals surface area contributed by atoms with Gasteiger partial charge in [0.15, 0.2) is 0 Å². The van der Waals surface area contributed by atoms with Crippen LogP contribution in [0.5, 0.6) is 0 Å². The molecule has 1 aromatic carbocycles. The Hall–Kier alpha value is -1.00. The molecule has 2 rings (SSSR count). The standard InChI is InChI=1S/C17H26N2OS/c1-2-21-13-15-5-7-16(8-6-15)17(20)19-11-9-14-4-3-10-18-12-14/h5-8,14,18H,2-4,9-13H2,1H3,(H,19,20). The number of hydrogen-bond acceptors (Lipinski definition) is 3. The molecule has 0 aliphatic carbocycles. The first-order valence-corrected chi connectivity index (χ1v) is 9.10. The summed E-state index contributed by atoms with van der Waals surface area (Å²) >= 11 is 1.90. The van der Waals surface area contributed by atoms with Gasteiger partial charge in [-0.1, -0.05) is 19.1 Å². The third-order valence-electron chi connectivity index (χ3n) is 3.93. The summed E-state index contributed by atoms with van der Waals surface area (Å²) in [5.41, 5.74) is 2.05. The lowest BCUT2D eigenvalue weighted by Crippen LogP contribution is -2.33. The maximum Gasteiger partial charge on any atom is 0.251 e. The van der Waals surface area contributed by atoms with Crippen LogP contribution in [-0.4, -0.2) is 31.3 Å². The number of amides is 1. The summed E-state index contributed by atoms with van der Waals surface area (Å²) in [5.74, 6) is 2.91. The van der Waals surface area contributed by atoms with Gasteiger partial charge in [0.05, 0.1) is 0 Å². The summed E-state index contributed by atoms with van der Waals surface area (Å²) in [6, 6.07) is 7.98. The predicted octanol–water partition coefficient (Wildman–Crippen LogP) is 3.06. The zero-order valence-corrected chi connectivity index (χ0v) is 13.7. The van der Waals surface area contributed by atoms with Crippen molar-refractivity contribution < 1.29 is 4.79 Å². The van der Waals surface area contributed by atoms with E-state index < -0.39 is 0 Å². The summed E-state index contributed by atoms with van der Waals surface area (Å²) in [6.07, 6.45) is 3.62. The average Bonchev–Trinajstić information content (AvgIpc) is 2.54. The second kappa shape index (κ2) is 9.11. The summed E-state index contributed by atoms with van der Waals surface area (Å²) in [6.45, 7) is 5.18. The molecule has 0 bridgehead atoms. The highest BCUT2D eigenvalue weighted by molar-refractivity contribution is 7.98. The molecule has 1 aliphatic rings. The molecule has 1 aromatic rings. The second-order valence-corrected chi connectivity index (χ2v) is 6.87. The molecule has 1 fully saturated rings. The highest BCUT2D eigenvalue weighted by Crippen LogP contribution is 2.14. The number of piperidine rings is 1. The molecule has 0 saturated carbocycles. The van der Waals surface area contributed by atoms with Crippen molar-refractivity contribution in [2.75, 3.05) is 25.4 Å².